The van der Waals surface area contributed by atoms with Gasteiger partial charge in [-0.2, -0.15) is 0 Å². The van der Waals surface area contributed by atoms with Crippen LogP contribution in [0.1, 0.15) is 26.3 Å². The molecule has 0 saturated carbocycles. The standard InChI is InChI=1S/C16H23NO2Si/c1-11-9-15(18)19-14-10-12(7-8-13(11)14)17-20(5,6)16(2,3)4/h7-10,17H,1-6H3. The van der Waals surface area contributed by atoms with E-state index in [1.807, 2.05) is 19.1 Å². The van der Waals surface area contributed by atoms with Gasteiger partial charge in [0.2, 0.25) is 0 Å². The van der Waals surface area contributed by atoms with Crippen LogP contribution in [-0.2, 0) is 0 Å². The lowest BCUT2D eigenvalue weighted by atomic mass is 10.1. The Morgan fingerprint density at radius 2 is 1.80 bits per heavy atom. The summed E-state index contributed by atoms with van der Waals surface area (Å²) < 4.78 is 5.30. The number of aryl methyl sites for hydroxylation is 1. The monoisotopic (exact) mass is 289 g/mol. The molecule has 1 N–H and O–H groups in total. The van der Waals surface area contributed by atoms with Gasteiger partial charge in [-0.1, -0.05) is 33.9 Å². The van der Waals surface area contributed by atoms with E-state index in [-0.39, 0.29) is 10.7 Å². The van der Waals surface area contributed by atoms with Gasteiger partial charge in [-0.15, -0.1) is 0 Å². The summed E-state index contributed by atoms with van der Waals surface area (Å²) in [4.78, 5) is 15.1. The minimum Gasteiger partial charge on any atom is -0.423 e. The molecule has 0 fully saturated rings. The summed E-state index contributed by atoms with van der Waals surface area (Å²) in [5.74, 6) is 0. The number of fused-ring (bicyclic) bond motifs is 1. The van der Waals surface area contributed by atoms with Crippen LogP contribution in [0, 0.1) is 6.92 Å². The van der Waals surface area contributed by atoms with E-state index in [1.54, 1.807) is 0 Å². The van der Waals surface area contributed by atoms with Crippen LogP contribution >= 0.6 is 0 Å². The van der Waals surface area contributed by atoms with Crippen molar-refractivity contribution in [1.29, 1.82) is 0 Å². The van der Waals surface area contributed by atoms with E-state index in [0.29, 0.717) is 5.58 Å². The fraction of sp³-hybridized carbons (Fsp3) is 0.438. The normalized spacial score (nSPS) is 12.7. The maximum Gasteiger partial charge on any atom is 0.336 e. The summed E-state index contributed by atoms with van der Waals surface area (Å²) >= 11 is 0. The van der Waals surface area contributed by atoms with Gasteiger partial charge >= 0.3 is 5.63 Å². The van der Waals surface area contributed by atoms with Crippen LogP contribution in [0.25, 0.3) is 11.0 Å². The summed E-state index contributed by atoms with van der Waals surface area (Å²) in [6.45, 7) is 13.3. The first-order valence-electron chi connectivity index (χ1n) is 6.93. The van der Waals surface area contributed by atoms with Gasteiger partial charge in [-0.25, -0.2) is 4.79 Å². The Kier molecular flexibility index (Phi) is 3.54. The predicted octanol–water partition coefficient (Wildman–Crippen LogP) is 4.52. The molecule has 0 aliphatic rings. The molecular weight excluding hydrogens is 266 g/mol. The molecule has 108 valence electrons. The van der Waals surface area contributed by atoms with E-state index < -0.39 is 8.24 Å². The SMILES string of the molecule is Cc1cc(=O)oc2cc(N[Si](C)(C)C(C)(C)C)ccc12. The Bertz CT molecular complexity index is 696. The summed E-state index contributed by atoms with van der Waals surface area (Å²) in [6, 6.07) is 7.55. The highest BCUT2D eigenvalue weighted by Crippen LogP contribution is 2.36. The lowest BCUT2D eigenvalue weighted by molar-refractivity contribution is 0.560. The van der Waals surface area contributed by atoms with Crippen molar-refractivity contribution in [3.05, 3.63) is 40.2 Å². The number of hydrogen-bond acceptors (Lipinski definition) is 3. The zero-order valence-corrected chi connectivity index (χ0v) is 14.1. The first kappa shape index (κ1) is 14.8. The topological polar surface area (TPSA) is 42.2 Å². The van der Waals surface area contributed by atoms with Gasteiger partial charge in [0.05, 0.1) is 0 Å². The van der Waals surface area contributed by atoms with E-state index in [2.05, 4.69) is 44.9 Å². The van der Waals surface area contributed by atoms with E-state index in [4.69, 9.17) is 4.42 Å². The minimum atomic E-state index is -1.63. The molecule has 1 aromatic carbocycles. The van der Waals surface area contributed by atoms with Crippen molar-refractivity contribution < 1.29 is 4.42 Å². The molecule has 0 aliphatic carbocycles. The number of nitrogens with one attached hydrogen (secondary N) is 1. The minimum absolute atomic E-state index is 0.245. The van der Waals surface area contributed by atoms with Crippen LogP contribution in [-0.4, -0.2) is 8.24 Å². The second-order valence-electron chi connectivity index (χ2n) is 6.96. The van der Waals surface area contributed by atoms with Crippen molar-refractivity contribution >= 4 is 24.9 Å². The van der Waals surface area contributed by atoms with Crippen LogP contribution in [0.3, 0.4) is 0 Å². The molecule has 1 aromatic heterocycles. The Hall–Kier alpha value is -1.55. The molecule has 4 heteroatoms. The largest absolute Gasteiger partial charge is 0.423 e. The fourth-order valence-corrected chi connectivity index (χ4v) is 3.20. The second-order valence-corrected chi connectivity index (χ2v) is 12.0. The third-order valence-electron chi connectivity index (χ3n) is 4.28. The molecule has 0 radical (unpaired) electrons. The van der Waals surface area contributed by atoms with Crippen molar-refractivity contribution in [2.45, 2.75) is 45.8 Å². The second kappa shape index (κ2) is 4.77. The molecular formula is C16H23NO2Si. The van der Waals surface area contributed by atoms with Gasteiger partial charge in [-0.05, 0) is 29.7 Å². The van der Waals surface area contributed by atoms with E-state index >= 15 is 0 Å². The van der Waals surface area contributed by atoms with Crippen molar-refractivity contribution in [3.63, 3.8) is 0 Å². The summed E-state index contributed by atoms with van der Waals surface area (Å²) in [7, 11) is -1.63. The zero-order valence-electron chi connectivity index (χ0n) is 13.1. The van der Waals surface area contributed by atoms with Crippen molar-refractivity contribution in [2.75, 3.05) is 4.98 Å². The van der Waals surface area contributed by atoms with E-state index in [9.17, 15) is 4.79 Å². The lowest BCUT2D eigenvalue weighted by Crippen LogP contribution is -2.45. The van der Waals surface area contributed by atoms with Crippen LogP contribution in [0.5, 0.6) is 0 Å². The van der Waals surface area contributed by atoms with Crippen molar-refractivity contribution in [2.24, 2.45) is 0 Å². The van der Waals surface area contributed by atoms with Crippen LogP contribution in [0.4, 0.5) is 5.69 Å². The summed E-state index contributed by atoms with van der Waals surface area (Å²) in [5, 5.41) is 1.24. The third-order valence-corrected chi connectivity index (χ3v) is 8.95. The van der Waals surface area contributed by atoms with Crippen molar-refractivity contribution in [3.8, 4) is 0 Å². The van der Waals surface area contributed by atoms with Gasteiger partial charge in [0.1, 0.15) is 5.58 Å². The maximum absolute atomic E-state index is 11.5. The number of anilines is 1. The molecule has 2 rings (SSSR count). The fourth-order valence-electron chi connectivity index (χ4n) is 1.95. The van der Waals surface area contributed by atoms with Crippen LogP contribution in [0.2, 0.25) is 18.1 Å². The van der Waals surface area contributed by atoms with Gasteiger partial charge in [0.25, 0.3) is 0 Å². The maximum atomic E-state index is 11.5. The Morgan fingerprint density at radius 1 is 1.15 bits per heavy atom. The molecule has 0 atom stereocenters. The highest BCUT2D eigenvalue weighted by Gasteiger charge is 2.35. The summed E-state index contributed by atoms with van der Waals surface area (Å²) in [6.07, 6.45) is 0. The highest BCUT2D eigenvalue weighted by molar-refractivity contribution is 6.83. The average molecular weight is 289 g/mol. The molecule has 0 saturated heterocycles. The molecule has 3 nitrogen and oxygen atoms in total. The molecule has 0 aliphatic heterocycles. The smallest absolute Gasteiger partial charge is 0.336 e. The quantitative estimate of drug-likeness (QED) is 0.653. The molecule has 0 amide bonds. The van der Waals surface area contributed by atoms with Gasteiger partial charge in [0, 0.05) is 23.2 Å². The predicted molar refractivity (Wildman–Crippen MR) is 88.0 cm³/mol. The first-order valence-corrected chi connectivity index (χ1v) is 9.93. The molecule has 20 heavy (non-hydrogen) atoms. The number of hydrogen-bond donors (Lipinski definition) is 1. The van der Waals surface area contributed by atoms with E-state index in [1.165, 1.54) is 6.07 Å². The lowest BCUT2D eigenvalue weighted by Gasteiger charge is -2.38. The molecule has 0 bridgehead atoms. The Labute approximate surface area is 121 Å². The summed E-state index contributed by atoms with van der Waals surface area (Å²) in [5.41, 5.74) is 2.34. The van der Waals surface area contributed by atoms with Gasteiger partial charge in [-0.3, -0.25) is 0 Å². The van der Waals surface area contributed by atoms with Gasteiger partial charge in [0.15, 0.2) is 8.24 Å². The first-order chi connectivity index (χ1) is 9.10. The Balaban J connectivity index is 2.45. The molecule has 1 heterocycles. The average Bonchev–Trinajstić information content (AvgIpc) is 2.25. The van der Waals surface area contributed by atoms with Crippen molar-refractivity contribution in [1.82, 2.24) is 0 Å². The Morgan fingerprint density at radius 3 is 2.40 bits per heavy atom. The molecule has 0 spiro atoms. The molecule has 2 aromatic rings. The third kappa shape index (κ3) is 2.80. The van der Waals surface area contributed by atoms with Crippen LogP contribution < -0.4 is 10.6 Å². The number of benzene rings is 1. The highest BCUT2D eigenvalue weighted by atomic mass is 28.3. The van der Waals surface area contributed by atoms with E-state index in [0.717, 1.165) is 16.6 Å². The van der Waals surface area contributed by atoms with Crippen LogP contribution in [0.15, 0.2) is 33.5 Å². The molecule has 0 unspecified atom stereocenters. The zero-order chi connectivity index (χ0) is 15.1. The number of rotatable bonds is 2. The van der Waals surface area contributed by atoms with Gasteiger partial charge < -0.3 is 9.40 Å².